The van der Waals surface area contributed by atoms with Crippen molar-refractivity contribution in [3.63, 3.8) is 0 Å². The minimum Gasteiger partial charge on any atom is -0.324 e. The van der Waals surface area contributed by atoms with E-state index in [0.717, 1.165) is 16.5 Å². The van der Waals surface area contributed by atoms with Gasteiger partial charge in [-0.1, -0.05) is 0 Å². The second-order valence-corrected chi connectivity index (χ2v) is 6.80. The number of hydrogen-bond donors (Lipinski definition) is 1. The standard InChI is InChI=1S/C15H15N5OS2/c1-11-18-13(9-23-11)8-22-10-15(21)19-12-3-4-14(16-7-12)20-6-2-5-17-20/h2-7,9H,8,10H2,1H3,(H,19,21). The zero-order valence-electron chi connectivity index (χ0n) is 12.5. The van der Waals surface area contributed by atoms with Crippen molar-refractivity contribution in [2.45, 2.75) is 12.7 Å². The molecule has 0 unspecified atom stereocenters. The molecule has 0 aromatic carbocycles. The van der Waals surface area contributed by atoms with Crippen molar-refractivity contribution >= 4 is 34.7 Å². The Morgan fingerprint density at radius 2 is 2.35 bits per heavy atom. The quantitative estimate of drug-likeness (QED) is 0.744. The number of nitrogens with one attached hydrogen (secondary N) is 1. The molecule has 0 aliphatic carbocycles. The van der Waals surface area contributed by atoms with E-state index in [1.54, 1.807) is 40.2 Å². The van der Waals surface area contributed by atoms with Crippen LogP contribution in [0.2, 0.25) is 0 Å². The molecule has 6 nitrogen and oxygen atoms in total. The van der Waals surface area contributed by atoms with Crippen molar-refractivity contribution in [2.24, 2.45) is 0 Å². The average Bonchev–Trinajstić information content (AvgIpc) is 3.20. The third-order valence-corrected chi connectivity index (χ3v) is 4.71. The van der Waals surface area contributed by atoms with Gasteiger partial charge in [-0.05, 0) is 25.1 Å². The second kappa shape index (κ2) is 7.38. The predicted octanol–water partition coefficient (Wildman–Crippen LogP) is 2.90. The highest BCUT2D eigenvalue weighted by atomic mass is 32.2. The van der Waals surface area contributed by atoms with Crippen LogP contribution < -0.4 is 5.32 Å². The topological polar surface area (TPSA) is 72.7 Å². The minimum atomic E-state index is -0.0457. The van der Waals surface area contributed by atoms with Gasteiger partial charge < -0.3 is 5.32 Å². The number of pyridine rings is 1. The lowest BCUT2D eigenvalue weighted by atomic mass is 10.4. The summed E-state index contributed by atoms with van der Waals surface area (Å²) in [6.45, 7) is 1.98. The van der Waals surface area contributed by atoms with Crippen LogP contribution in [0.15, 0.2) is 42.2 Å². The van der Waals surface area contributed by atoms with E-state index in [0.29, 0.717) is 17.3 Å². The van der Waals surface area contributed by atoms with Crippen LogP contribution in [0.4, 0.5) is 5.69 Å². The molecule has 0 bridgehead atoms. The van der Waals surface area contributed by atoms with Gasteiger partial charge in [0.2, 0.25) is 5.91 Å². The molecule has 0 spiro atoms. The SMILES string of the molecule is Cc1nc(CSCC(=O)Nc2ccc(-n3cccn3)nc2)cs1. The zero-order valence-corrected chi connectivity index (χ0v) is 14.1. The normalized spacial score (nSPS) is 10.7. The Bertz CT molecular complexity index is 768. The van der Waals surface area contributed by atoms with Crippen LogP contribution in [0, 0.1) is 6.92 Å². The first-order chi connectivity index (χ1) is 11.2. The van der Waals surface area contributed by atoms with E-state index in [-0.39, 0.29) is 5.91 Å². The number of anilines is 1. The Morgan fingerprint density at radius 1 is 1.43 bits per heavy atom. The van der Waals surface area contributed by atoms with Gasteiger partial charge in [0, 0.05) is 23.5 Å². The van der Waals surface area contributed by atoms with Crippen LogP contribution in [-0.2, 0) is 10.5 Å². The van der Waals surface area contributed by atoms with E-state index in [1.807, 2.05) is 36.7 Å². The number of hydrogen-bond acceptors (Lipinski definition) is 6. The van der Waals surface area contributed by atoms with Crippen molar-refractivity contribution in [1.29, 1.82) is 0 Å². The van der Waals surface area contributed by atoms with Crippen LogP contribution in [0.1, 0.15) is 10.7 Å². The Morgan fingerprint density at radius 3 is 3.00 bits per heavy atom. The van der Waals surface area contributed by atoms with Gasteiger partial charge in [0.05, 0.1) is 28.3 Å². The van der Waals surface area contributed by atoms with Crippen molar-refractivity contribution in [2.75, 3.05) is 11.1 Å². The smallest absolute Gasteiger partial charge is 0.234 e. The summed E-state index contributed by atoms with van der Waals surface area (Å²) in [7, 11) is 0. The molecule has 3 aromatic heterocycles. The lowest BCUT2D eigenvalue weighted by Crippen LogP contribution is -2.14. The molecule has 0 atom stereocenters. The molecule has 118 valence electrons. The van der Waals surface area contributed by atoms with Gasteiger partial charge in [-0.25, -0.2) is 14.6 Å². The van der Waals surface area contributed by atoms with E-state index in [4.69, 9.17) is 0 Å². The monoisotopic (exact) mass is 345 g/mol. The van der Waals surface area contributed by atoms with Gasteiger partial charge in [-0.2, -0.15) is 5.10 Å². The van der Waals surface area contributed by atoms with Gasteiger partial charge in [-0.3, -0.25) is 4.79 Å². The van der Waals surface area contributed by atoms with Crippen LogP contribution in [-0.4, -0.2) is 31.4 Å². The maximum atomic E-state index is 11.9. The first-order valence-electron chi connectivity index (χ1n) is 6.95. The highest BCUT2D eigenvalue weighted by Gasteiger charge is 2.05. The summed E-state index contributed by atoms with van der Waals surface area (Å²) in [6, 6.07) is 5.46. The fourth-order valence-corrected chi connectivity index (χ4v) is 3.35. The molecule has 0 aliphatic rings. The van der Waals surface area contributed by atoms with E-state index >= 15 is 0 Å². The number of nitrogens with zero attached hydrogens (tertiary/aromatic N) is 4. The molecule has 1 amide bonds. The van der Waals surface area contributed by atoms with E-state index in [2.05, 4.69) is 20.4 Å². The molecular formula is C15H15N5OS2. The molecule has 3 heterocycles. The number of amides is 1. The maximum Gasteiger partial charge on any atom is 0.234 e. The first kappa shape index (κ1) is 15.7. The fourth-order valence-electron chi connectivity index (χ4n) is 1.92. The van der Waals surface area contributed by atoms with E-state index in [9.17, 15) is 4.79 Å². The molecule has 0 aliphatic heterocycles. The van der Waals surface area contributed by atoms with Gasteiger partial charge in [0.1, 0.15) is 0 Å². The maximum absolute atomic E-state index is 11.9. The number of carbonyl (C=O) groups excluding carboxylic acids is 1. The molecule has 3 rings (SSSR count). The third kappa shape index (κ3) is 4.40. The van der Waals surface area contributed by atoms with Crippen molar-refractivity contribution < 1.29 is 4.79 Å². The van der Waals surface area contributed by atoms with Gasteiger partial charge in [-0.15, -0.1) is 23.1 Å². The third-order valence-electron chi connectivity index (χ3n) is 2.92. The summed E-state index contributed by atoms with van der Waals surface area (Å²) >= 11 is 3.17. The van der Waals surface area contributed by atoms with Gasteiger partial charge >= 0.3 is 0 Å². The second-order valence-electron chi connectivity index (χ2n) is 4.75. The number of thioether (sulfide) groups is 1. The van der Waals surface area contributed by atoms with Gasteiger partial charge in [0.15, 0.2) is 5.82 Å². The van der Waals surface area contributed by atoms with Crippen molar-refractivity contribution in [1.82, 2.24) is 19.7 Å². The zero-order chi connectivity index (χ0) is 16.1. The highest BCUT2D eigenvalue weighted by Crippen LogP contribution is 2.16. The molecule has 1 N–H and O–H groups in total. The van der Waals surface area contributed by atoms with E-state index < -0.39 is 0 Å². The van der Waals surface area contributed by atoms with Crippen LogP contribution >= 0.6 is 23.1 Å². The molecule has 0 fully saturated rings. The van der Waals surface area contributed by atoms with Crippen molar-refractivity contribution in [3.8, 4) is 5.82 Å². The lowest BCUT2D eigenvalue weighted by Gasteiger charge is -2.05. The summed E-state index contributed by atoms with van der Waals surface area (Å²) in [5.74, 6) is 1.79. The summed E-state index contributed by atoms with van der Waals surface area (Å²) in [5, 5.41) is 10.0. The summed E-state index contributed by atoms with van der Waals surface area (Å²) in [4.78, 5) is 20.6. The van der Waals surface area contributed by atoms with E-state index in [1.165, 1.54) is 0 Å². The molecule has 8 heteroatoms. The Labute approximate surface area is 142 Å². The summed E-state index contributed by atoms with van der Waals surface area (Å²) < 4.78 is 1.66. The first-order valence-corrected chi connectivity index (χ1v) is 8.99. The minimum absolute atomic E-state index is 0.0457. The highest BCUT2D eigenvalue weighted by molar-refractivity contribution is 7.99. The molecule has 0 saturated carbocycles. The number of aromatic nitrogens is 4. The molecular weight excluding hydrogens is 330 g/mol. The summed E-state index contributed by atoms with van der Waals surface area (Å²) in [5.41, 5.74) is 1.70. The number of rotatable bonds is 6. The average molecular weight is 345 g/mol. The fraction of sp³-hybridized carbons (Fsp3) is 0.200. The van der Waals surface area contributed by atoms with Crippen LogP contribution in [0.25, 0.3) is 5.82 Å². The Hall–Kier alpha value is -2.19. The van der Waals surface area contributed by atoms with Crippen LogP contribution in [0.3, 0.4) is 0 Å². The predicted molar refractivity (Wildman–Crippen MR) is 93.0 cm³/mol. The molecule has 0 saturated heterocycles. The lowest BCUT2D eigenvalue weighted by molar-refractivity contribution is -0.113. The largest absolute Gasteiger partial charge is 0.324 e. The van der Waals surface area contributed by atoms with Gasteiger partial charge in [0.25, 0.3) is 0 Å². The number of thiazole rings is 1. The van der Waals surface area contributed by atoms with Crippen LogP contribution in [0.5, 0.6) is 0 Å². The molecule has 3 aromatic rings. The Kier molecular flexibility index (Phi) is 5.04. The molecule has 0 radical (unpaired) electrons. The Balaban J connectivity index is 1.48. The molecule has 23 heavy (non-hydrogen) atoms. The number of carbonyl (C=O) groups is 1. The summed E-state index contributed by atoms with van der Waals surface area (Å²) in [6.07, 6.45) is 5.14. The number of aryl methyl sites for hydroxylation is 1. The van der Waals surface area contributed by atoms with Crippen molar-refractivity contribution in [3.05, 3.63) is 52.9 Å².